The standard InChI is InChI=1S/C24H26N4O3/c1-2-11-28-20-6-4-3-5-19(20)26-24(28)27-12-9-18(10-13-27)23(29)25-15-17-7-8-21-22(14-17)31-16-30-21/h2-8,14,18H,1,9-13,15-16H2,(H,25,29). The van der Waals surface area contributed by atoms with Crippen LogP contribution in [0.2, 0.25) is 0 Å². The van der Waals surface area contributed by atoms with Crippen molar-refractivity contribution in [2.75, 3.05) is 24.8 Å². The fraction of sp³-hybridized carbons (Fsp3) is 0.333. The number of rotatable bonds is 6. The van der Waals surface area contributed by atoms with Crippen molar-refractivity contribution in [2.24, 2.45) is 5.92 Å². The number of carbonyl (C=O) groups is 1. The Labute approximate surface area is 181 Å². The molecule has 2 aliphatic rings. The maximum Gasteiger partial charge on any atom is 0.231 e. The number of piperidine rings is 1. The van der Waals surface area contributed by atoms with E-state index in [0.29, 0.717) is 13.1 Å². The highest BCUT2D eigenvalue weighted by atomic mass is 16.7. The molecular weight excluding hydrogens is 392 g/mol. The van der Waals surface area contributed by atoms with E-state index in [4.69, 9.17) is 14.5 Å². The molecule has 0 unspecified atom stereocenters. The van der Waals surface area contributed by atoms with Crippen LogP contribution in [0.1, 0.15) is 18.4 Å². The number of hydrogen-bond acceptors (Lipinski definition) is 5. The number of para-hydroxylation sites is 2. The lowest BCUT2D eigenvalue weighted by molar-refractivity contribution is -0.125. The molecule has 160 valence electrons. The lowest BCUT2D eigenvalue weighted by Crippen LogP contribution is -2.41. The third kappa shape index (κ3) is 3.83. The van der Waals surface area contributed by atoms with Crippen molar-refractivity contribution in [3.05, 3.63) is 60.7 Å². The highest BCUT2D eigenvalue weighted by Crippen LogP contribution is 2.32. The lowest BCUT2D eigenvalue weighted by atomic mass is 9.96. The minimum Gasteiger partial charge on any atom is -0.454 e. The van der Waals surface area contributed by atoms with Crippen molar-refractivity contribution in [1.29, 1.82) is 0 Å². The van der Waals surface area contributed by atoms with Gasteiger partial charge in [-0.2, -0.15) is 0 Å². The number of carbonyl (C=O) groups excluding carboxylic acids is 1. The summed E-state index contributed by atoms with van der Waals surface area (Å²) in [4.78, 5) is 19.9. The van der Waals surface area contributed by atoms with Gasteiger partial charge in [-0.25, -0.2) is 4.98 Å². The fourth-order valence-corrected chi connectivity index (χ4v) is 4.34. The Morgan fingerprint density at radius 1 is 1.16 bits per heavy atom. The molecule has 0 saturated carbocycles. The van der Waals surface area contributed by atoms with Gasteiger partial charge in [-0.3, -0.25) is 4.79 Å². The quantitative estimate of drug-likeness (QED) is 0.621. The first kappa shape index (κ1) is 19.5. The first-order valence-corrected chi connectivity index (χ1v) is 10.7. The monoisotopic (exact) mass is 418 g/mol. The second-order valence-electron chi connectivity index (χ2n) is 7.97. The van der Waals surface area contributed by atoms with Crippen LogP contribution in [0.15, 0.2) is 55.1 Å². The van der Waals surface area contributed by atoms with E-state index in [0.717, 1.165) is 60.0 Å². The van der Waals surface area contributed by atoms with Gasteiger partial charge in [0.15, 0.2) is 11.5 Å². The van der Waals surface area contributed by atoms with Crippen molar-refractivity contribution in [3.8, 4) is 11.5 Å². The van der Waals surface area contributed by atoms with Crippen molar-refractivity contribution in [3.63, 3.8) is 0 Å². The topological polar surface area (TPSA) is 68.6 Å². The van der Waals surface area contributed by atoms with E-state index < -0.39 is 0 Å². The zero-order chi connectivity index (χ0) is 21.2. The summed E-state index contributed by atoms with van der Waals surface area (Å²) in [5.41, 5.74) is 3.11. The summed E-state index contributed by atoms with van der Waals surface area (Å²) >= 11 is 0. The average molecular weight is 418 g/mol. The van der Waals surface area contributed by atoms with Crippen LogP contribution < -0.4 is 19.7 Å². The van der Waals surface area contributed by atoms with Crippen molar-refractivity contribution in [1.82, 2.24) is 14.9 Å². The van der Waals surface area contributed by atoms with Crippen molar-refractivity contribution < 1.29 is 14.3 Å². The maximum absolute atomic E-state index is 12.7. The average Bonchev–Trinajstić information content (AvgIpc) is 3.42. The summed E-state index contributed by atoms with van der Waals surface area (Å²) in [5.74, 6) is 2.58. The van der Waals surface area contributed by atoms with Crippen LogP contribution in [0.4, 0.5) is 5.95 Å². The number of allylic oxidation sites excluding steroid dienone is 1. The molecule has 3 aromatic rings. The van der Waals surface area contributed by atoms with Crippen LogP contribution in [-0.2, 0) is 17.9 Å². The minimum atomic E-state index is 0.0162. The number of aromatic nitrogens is 2. The van der Waals surface area contributed by atoms with Crippen LogP contribution in [0.5, 0.6) is 11.5 Å². The van der Waals surface area contributed by atoms with E-state index in [1.165, 1.54) is 0 Å². The first-order valence-electron chi connectivity index (χ1n) is 10.7. The van der Waals surface area contributed by atoms with Gasteiger partial charge in [0.2, 0.25) is 18.6 Å². The van der Waals surface area contributed by atoms with Crippen LogP contribution >= 0.6 is 0 Å². The predicted octanol–water partition coefficient (Wildman–Crippen LogP) is 3.48. The largest absolute Gasteiger partial charge is 0.454 e. The van der Waals surface area contributed by atoms with Gasteiger partial charge in [-0.05, 0) is 42.7 Å². The lowest BCUT2D eigenvalue weighted by Gasteiger charge is -2.32. The number of fused-ring (bicyclic) bond motifs is 2. The third-order valence-corrected chi connectivity index (χ3v) is 6.00. The van der Waals surface area contributed by atoms with Crippen molar-refractivity contribution >= 4 is 22.9 Å². The maximum atomic E-state index is 12.7. The van der Waals surface area contributed by atoms with Crippen LogP contribution in [0.25, 0.3) is 11.0 Å². The third-order valence-electron chi connectivity index (χ3n) is 6.00. The smallest absolute Gasteiger partial charge is 0.231 e. The highest BCUT2D eigenvalue weighted by Gasteiger charge is 2.27. The van der Waals surface area contributed by atoms with Crippen LogP contribution in [0, 0.1) is 5.92 Å². The molecule has 2 aliphatic heterocycles. The second kappa shape index (κ2) is 8.34. The van der Waals surface area contributed by atoms with E-state index in [2.05, 4.69) is 27.4 Å². The van der Waals surface area contributed by atoms with Gasteiger partial charge in [0.05, 0.1) is 11.0 Å². The normalized spacial score (nSPS) is 15.9. The number of anilines is 1. The number of amides is 1. The van der Waals surface area contributed by atoms with E-state index >= 15 is 0 Å². The SMILES string of the molecule is C=CCn1c(N2CCC(C(=O)NCc3ccc4c(c3)OCO4)CC2)nc2ccccc21. The summed E-state index contributed by atoms with van der Waals surface area (Å²) < 4.78 is 12.9. The Bertz CT molecular complexity index is 1120. The first-order chi connectivity index (χ1) is 15.2. The summed E-state index contributed by atoms with van der Waals surface area (Å²) in [6.07, 6.45) is 3.52. The van der Waals surface area contributed by atoms with Gasteiger partial charge in [0.1, 0.15) is 0 Å². The highest BCUT2D eigenvalue weighted by molar-refractivity contribution is 5.80. The number of ether oxygens (including phenoxy) is 2. The number of nitrogens with zero attached hydrogens (tertiary/aromatic N) is 3. The molecule has 0 aliphatic carbocycles. The Morgan fingerprint density at radius 3 is 2.81 bits per heavy atom. The Balaban J connectivity index is 1.20. The molecular formula is C24H26N4O3. The summed E-state index contributed by atoms with van der Waals surface area (Å²) in [5, 5.41) is 3.08. The van der Waals surface area contributed by atoms with E-state index in [9.17, 15) is 4.79 Å². The molecule has 1 saturated heterocycles. The Morgan fingerprint density at radius 2 is 1.97 bits per heavy atom. The molecule has 7 heteroatoms. The molecule has 2 aromatic carbocycles. The summed E-state index contributed by atoms with van der Waals surface area (Å²) in [6, 6.07) is 13.9. The molecule has 1 amide bonds. The van der Waals surface area contributed by atoms with Crippen LogP contribution in [0.3, 0.4) is 0 Å². The molecule has 7 nitrogen and oxygen atoms in total. The van der Waals surface area contributed by atoms with Crippen molar-refractivity contribution in [2.45, 2.75) is 25.9 Å². The molecule has 1 N–H and O–H groups in total. The number of benzene rings is 2. The molecule has 0 radical (unpaired) electrons. The molecule has 0 spiro atoms. The zero-order valence-electron chi connectivity index (χ0n) is 17.4. The molecule has 0 bridgehead atoms. The number of imidazole rings is 1. The number of hydrogen-bond donors (Lipinski definition) is 1. The van der Waals surface area contributed by atoms with Gasteiger partial charge in [0.25, 0.3) is 0 Å². The van der Waals surface area contributed by atoms with E-state index in [1.54, 1.807) is 0 Å². The zero-order valence-corrected chi connectivity index (χ0v) is 17.4. The minimum absolute atomic E-state index is 0.0162. The predicted molar refractivity (Wildman–Crippen MR) is 119 cm³/mol. The fourth-order valence-electron chi connectivity index (χ4n) is 4.34. The number of nitrogens with one attached hydrogen (secondary N) is 1. The van der Waals surface area contributed by atoms with E-state index in [-0.39, 0.29) is 18.6 Å². The molecule has 1 aromatic heterocycles. The van der Waals surface area contributed by atoms with Gasteiger partial charge in [-0.1, -0.05) is 24.3 Å². The van der Waals surface area contributed by atoms with Gasteiger partial charge in [-0.15, -0.1) is 6.58 Å². The van der Waals surface area contributed by atoms with Gasteiger partial charge in [0, 0.05) is 32.1 Å². The molecule has 0 atom stereocenters. The Hall–Kier alpha value is -3.48. The molecule has 3 heterocycles. The molecule has 31 heavy (non-hydrogen) atoms. The molecule has 5 rings (SSSR count). The van der Waals surface area contributed by atoms with E-state index in [1.807, 2.05) is 42.5 Å². The summed E-state index contributed by atoms with van der Waals surface area (Å²) in [6.45, 7) is 6.97. The van der Waals surface area contributed by atoms with Crippen LogP contribution in [-0.4, -0.2) is 35.3 Å². The second-order valence-corrected chi connectivity index (χ2v) is 7.97. The molecule has 1 fully saturated rings. The van der Waals surface area contributed by atoms with Gasteiger partial charge < -0.3 is 24.3 Å². The Kier molecular flexibility index (Phi) is 5.24. The van der Waals surface area contributed by atoms with Gasteiger partial charge >= 0.3 is 0 Å². The summed E-state index contributed by atoms with van der Waals surface area (Å²) in [7, 11) is 0.